The lowest BCUT2D eigenvalue weighted by molar-refractivity contribution is 0.728. The van der Waals surface area contributed by atoms with Gasteiger partial charge in [-0.15, -0.1) is 0 Å². The van der Waals surface area contributed by atoms with Gasteiger partial charge in [0.2, 0.25) is 5.95 Å². The first-order valence-corrected chi connectivity index (χ1v) is 17.8. The highest BCUT2D eigenvalue weighted by Gasteiger charge is 2.41. The molecule has 7 aromatic carbocycles. The molecule has 1 aliphatic carbocycles. The molecule has 2 atom stereocenters. The van der Waals surface area contributed by atoms with Crippen LogP contribution in [0.1, 0.15) is 11.5 Å². The van der Waals surface area contributed by atoms with Crippen LogP contribution < -0.4 is 4.90 Å². The van der Waals surface area contributed by atoms with Crippen LogP contribution in [-0.4, -0.2) is 25.6 Å². The lowest BCUT2D eigenvalue weighted by Gasteiger charge is -2.27. The molecule has 0 N–H and O–H groups in total. The fourth-order valence-corrected chi connectivity index (χ4v) is 8.34. The normalized spacial score (nSPS) is 16.3. The molecule has 2 aromatic heterocycles. The maximum atomic E-state index is 5.36. The molecule has 3 heterocycles. The molecule has 0 saturated carbocycles. The van der Waals surface area contributed by atoms with E-state index in [-0.39, 0.29) is 12.0 Å². The van der Waals surface area contributed by atoms with Crippen molar-refractivity contribution in [2.75, 3.05) is 4.90 Å². The zero-order valence-electron chi connectivity index (χ0n) is 28.1. The van der Waals surface area contributed by atoms with E-state index < -0.39 is 0 Å². The molecule has 52 heavy (non-hydrogen) atoms. The largest absolute Gasteiger partial charge is 0.309 e. The monoisotopic (exact) mass is 665 g/mol. The van der Waals surface area contributed by atoms with Gasteiger partial charge < -0.3 is 9.47 Å². The molecule has 0 radical (unpaired) electrons. The SMILES string of the molecule is C1=CC2c3ccc4c(c3N(c3nc(-c5ccc6ccccc6c5)nc(-c5ccc6ccccc6c5)n3)C2C=C1)c1ccccc1n4-c1ccccc1. The predicted octanol–water partition coefficient (Wildman–Crippen LogP) is 11.3. The summed E-state index contributed by atoms with van der Waals surface area (Å²) in [5.41, 5.74) is 7.79. The van der Waals surface area contributed by atoms with E-state index in [0.717, 1.165) is 38.8 Å². The molecule has 0 amide bonds. The summed E-state index contributed by atoms with van der Waals surface area (Å²) in [7, 11) is 0. The van der Waals surface area contributed by atoms with Gasteiger partial charge in [-0.2, -0.15) is 9.97 Å². The Kier molecular flexibility index (Phi) is 6.31. The molecule has 11 rings (SSSR count). The maximum Gasteiger partial charge on any atom is 0.234 e. The summed E-state index contributed by atoms with van der Waals surface area (Å²) in [6, 6.07) is 53.8. The average molecular weight is 666 g/mol. The van der Waals surface area contributed by atoms with Crippen molar-refractivity contribution < 1.29 is 0 Å². The summed E-state index contributed by atoms with van der Waals surface area (Å²) in [4.78, 5) is 18.3. The molecule has 9 aromatic rings. The molecule has 0 spiro atoms. The first kappa shape index (κ1) is 28.9. The molecule has 244 valence electrons. The van der Waals surface area contributed by atoms with Crippen LogP contribution in [0.4, 0.5) is 11.6 Å². The van der Waals surface area contributed by atoms with Crippen LogP contribution in [0.15, 0.2) is 176 Å². The Hall–Kier alpha value is -6.85. The molecular formula is C47H31N5. The lowest BCUT2D eigenvalue weighted by atomic mass is 9.91. The van der Waals surface area contributed by atoms with E-state index in [4.69, 9.17) is 15.0 Å². The second-order valence-electron chi connectivity index (χ2n) is 13.6. The van der Waals surface area contributed by atoms with Gasteiger partial charge in [0, 0.05) is 33.5 Å². The minimum absolute atomic E-state index is 0.000689. The van der Waals surface area contributed by atoms with Crippen molar-refractivity contribution in [2.45, 2.75) is 12.0 Å². The molecule has 0 fully saturated rings. The molecular weight excluding hydrogens is 635 g/mol. The Labute approximate surface area is 300 Å². The molecule has 0 saturated heterocycles. The third-order valence-corrected chi connectivity index (χ3v) is 10.7. The predicted molar refractivity (Wildman–Crippen MR) is 213 cm³/mol. The van der Waals surface area contributed by atoms with Crippen LogP contribution in [0.25, 0.3) is 71.8 Å². The number of para-hydroxylation sites is 2. The lowest BCUT2D eigenvalue weighted by Crippen LogP contribution is -2.30. The Morgan fingerprint density at radius 3 is 1.81 bits per heavy atom. The number of hydrogen-bond acceptors (Lipinski definition) is 4. The van der Waals surface area contributed by atoms with Crippen LogP contribution in [0.3, 0.4) is 0 Å². The van der Waals surface area contributed by atoms with Crippen molar-refractivity contribution in [3.8, 4) is 28.5 Å². The van der Waals surface area contributed by atoms with E-state index >= 15 is 0 Å². The van der Waals surface area contributed by atoms with Crippen LogP contribution in [0, 0.1) is 0 Å². The fourth-order valence-electron chi connectivity index (χ4n) is 8.34. The summed E-state index contributed by atoms with van der Waals surface area (Å²) in [6.07, 6.45) is 8.93. The van der Waals surface area contributed by atoms with Crippen LogP contribution in [-0.2, 0) is 0 Å². The number of rotatable bonds is 4. The highest BCUT2D eigenvalue weighted by molar-refractivity contribution is 6.17. The minimum Gasteiger partial charge on any atom is -0.309 e. The Balaban J connectivity index is 1.20. The van der Waals surface area contributed by atoms with Gasteiger partial charge in [0.15, 0.2) is 11.6 Å². The summed E-state index contributed by atoms with van der Waals surface area (Å²) in [5.74, 6) is 2.09. The second kappa shape index (κ2) is 11.3. The van der Waals surface area contributed by atoms with Crippen molar-refractivity contribution >= 4 is 55.0 Å². The minimum atomic E-state index is 0.000689. The van der Waals surface area contributed by atoms with Crippen molar-refractivity contribution in [3.63, 3.8) is 0 Å². The molecule has 5 heteroatoms. The standard InChI is InChI=1S/C47H31N5/c1-2-16-36(17-3-1)51-41-21-11-9-19-39(41)43-42(51)27-26-38-37-18-8-10-20-40(37)52(44(38)43)47-49-45(34-24-22-30-12-4-6-14-32(30)28-34)48-46(50-47)35-25-23-31-13-5-7-15-33(31)29-35/h1-29,37,40H. The fraction of sp³-hybridized carbons (Fsp3) is 0.0426. The Bertz CT molecular complexity index is 2840. The van der Waals surface area contributed by atoms with Gasteiger partial charge in [-0.1, -0.05) is 140 Å². The number of aromatic nitrogens is 4. The van der Waals surface area contributed by atoms with Gasteiger partial charge >= 0.3 is 0 Å². The number of benzene rings is 7. The van der Waals surface area contributed by atoms with Crippen molar-refractivity contribution in [2.24, 2.45) is 0 Å². The van der Waals surface area contributed by atoms with Crippen LogP contribution >= 0.6 is 0 Å². The summed E-state index contributed by atoms with van der Waals surface area (Å²) in [6.45, 7) is 0. The number of nitrogens with zero attached hydrogens (tertiary/aromatic N) is 5. The number of anilines is 2. The van der Waals surface area contributed by atoms with Gasteiger partial charge in [-0.25, -0.2) is 4.98 Å². The van der Waals surface area contributed by atoms with E-state index in [1.807, 2.05) is 0 Å². The van der Waals surface area contributed by atoms with E-state index in [9.17, 15) is 0 Å². The van der Waals surface area contributed by atoms with E-state index in [1.165, 1.54) is 32.6 Å². The third-order valence-electron chi connectivity index (χ3n) is 10.7. The number of hydrogen-bond donors (Lipinski definition) is 0. The van der Waals surface area contributed by atoms with E-state index in [1.54, 1.807) is 0 Å². The Morgan fingerprint density at radius 1 is 0.481 bits per heavy atom. The van der Waals surface area contributed by atoms with Crippen molar-refractivity contribution in [1.29, 1.82) is 0 Å². The van der Waals surface area contributed by atoms with Gasteiger partial charge in [0.05, 0.1) is 22.8 Å². The van der Waals surface area contributed by atoms with Crippen molar-refractivity contribution in [3.05, 3.63) is 182 Å². The van der Waals surface area contributed by atoms with Gasteiger partial charge in [-0.3, -0.25) is 0 Å². The highest BCUT2D eigenvalue weighted by atomic mass is 15.3. The zero-order valence-corrected chi connectivity index (χ0v) is 28.1. The topological polar surface area (TPSA) is 46.8 Å². The van der Waals surface area contributed by atoms with Gasteiger partial charge in [0.25, 0.3) is 0 Å². The van der Waals surface area contributed by atoms with Crippen molar-refractivity contribution in [1.82, 2.24) is 19.5 Å². The number of allylic oxidation sites excluding steroid dienone is 2. The number of fused-ring (bicyclic) bond motifs is 9. The third kappa shape index (κ3) is 4.39. The van der Waals surface area contributed by atoms with Crippen LogP contribution in [0.5, 0.6) is 0 Å². The van der Waals surface area contributed by atoms with E-state index in [0.29, 0.717) is 17.6 Å². The maximum absolute atomic E-state index is 5.36. The molecule has 2 aliphatic rings. The average Bonchev–Trinajstić information content (AvgIpc) is 3.74. The highest BCUT2D eigenvalue weighted by Crippen LogP contribution is 2.52. The molecule has 5 nitrogen and oxygen atoms in total. The van der Waals surface area contributed by atoms with E-state index in [2.05, 4.69) is 185 Å². The summed E-state index contributed by atoms with van der Waals surface area (Å²) in [5, 5.41) is 7.07. The first-order chi connectivity index (χ1) is 25.8. The molecule has 2 unspecified atom stereocenters. The van der Waals surface area contributed by atoms with Crippen LogP contribution in [0.2, 0.25) is 0 Å². The summed E-state index contributed by atoms with van der Waals surface area (Å²) < 4.78 is 2.38. The zero-order chi connectivity index (χ0) is 34.2. The quantitative estimate of drug-likeness (QED) is 0.188. The molecule has 1 aliphatic heterocycles. The smallest absolute Gasteiger partial charge is 0.234 e. The second-order valence-corrected chi connectivity index (χ2v) is 13.6. The Morgan fingerprint density at radius 2 is 1.10 bits per heavy atom. The van der Waals surface area contributed by atoms with Gasteiger partial charge in [-0.05, 0) is 63.5 Å². The van der Waals surface area contributed by atoms with Gasteiger partial charge in [0.1, 0.15) is 0 Å². The first-order valence-electron chi connectivity index (χ1n) is 17.8. The summed E-state index contributed by atoms with van der Waals surface area (Å²) >= 11 is 0. The molecule has 0 bridgehead atoms.